The van der Waals surface area contributed by atoms with E-state index in [1.54, 1.807) is 13.2 Å². The molecule has 3 aromatic rings. The first kappa shape index (κ1) is 29.9. The first-order valence-electron chi connectivity index (χ1n) is 12.6. The Bertz CT molecular complexity index is 1450. The van der Waals surface area contributed by atoms with Crippen LogP contribution < -0.4 is 10.7 Å². The third-order valence-electron chi connectivity index (χ3n) is 6.08. The van der Waals surface area contributed by atoms with Crippen molar-refractivity contribution >= 4 is 17.5 Å². The summed E-state index contributed by atoms with van der Waals surface area (Å²) < 4.78 is 25.9. The van der Waals surface area contributed by atoms with Crippen LogP contribution in [0.25, 0.3) is 16.8 Å². The van der Waals surface area contributed by atoms with E-state index in [9.17, 15) is 9.18 Å². The molecule has 0 aliphatic rings. The van der Waals surface area contributed by atoms with Crippen LogP contribution in [0.5, 0.6) is 0 Å². The maximum atomic E-state index is 14.9. The molecule has 0 saturated heterocycles. The van der Waals surface area contributed by atoms with Crippen molar-refractivity contribution in [3.05, 3.63) is 113 Å². The third-order valence-corrected chi connectivity index (χ3v) is 6.08. The molecule has 208 valence electrons. The van der Waals surface area contributed by atoms with Gasteiger partial charge in [-0.15, -0.1) is 0 Å². The third kappa shape index (κ3) is 7.70. The molecule has 0 saturated carbocycles. The second-order valence-electron chi connectivity index (χ2n) is 8.90. The Kier molecular flexibility index (Phi) is 10.8. The molecule has 3 aromatic carbocycles. The van der Waals surface area contributed by atoms with Gasteiger partial charge in [-0.1, -0.05) is 54.8 Å². The highest BCUT2D eigenvalue weighted by Gasteiger charge is 2.15. The summed E-state index contributed by atoms with van der Waals surface area (Å²) in [6, 6.07) is 18.3. The van der Waals surface area contributed by atoms with E-state index < -0.39 is 11.7 Å². The number of nitrogens with zero attached hydrogens (tertiary/aromatic N) is 3. The molecule has 40 heavy (non-hydrogen) atoms. The number of rotatable bonds is 12. The summed E-state index contributed by atoms with van der Waals surface area (Å²) in [7, 11) is 4.68. The molecule has 0 spiro atoms. The van der Waals surface area contributed by atoms with Gasteiger partial charge in [0.15, 0.2) is 0 Å². The fourth-order valence-corrected chi connectivity index (χ4v) is 4.03. The number of ether oxygens (including phenoxy) is 2. The molecule has 9 heteroatoms. The number of halogens is 1. The normalized spacial score (nSPS) is 11.4. The monoisotopic (exact) mass is 543 g/mol. The molecule has 1 amide bonds. The van der Waals surface area contributed by atoms with Crippen LogP contribution in [0.1, 0.15) is 39.0 Å². The minimum absolute atomic E-state index is 0.0877. The summed E-state index contributed by atoms with van der Waals surface area (Å²) in [5.74, 6) is -0.913. The van der Waals surface area contributed by atoms with Gasteiger partial charge in [0.1, 0.15) is 5.82 Å². The van der Waals surface area contributed by atoms with E-state index in [2.05, 4.69) is 58.3 Å². The quantitative estimate of drug-likeness (QED) is 0.122. The number of hydrogen-bond donors (Lipinski definition) is 2. The van der Waals surface area contributed by atoms with Crippen molar-refractivity contribution in [2.24, 2.45) is 15.3 Å². The largest absolute Gasteiger partial charge is 0.481 e. The summed E-state index contributed by atoms with van der Waals surface area (Å²) >= 11 is 0. The topological polar surface area (TPSA) is 96.7 Å². The Morgan fingerprint density at radius 3 is 2.42 bits per heavy atom. The minimum Gasteiger partial charge on any atom is -0.481 e. The van der Waals surface area contributed by atoms with Gasteiger partial charge in [0.2, 0.25) is 5.90 Å². The lowest BCUT2D eigenvalue weighted by Crippen LogP contribution is -2.26. The maximum Gasteiger partial charge on any atom is 0.254 e. The number of hydrogen-bond acceptors (Lipinski definition) is 6. The molecule has 0 aliphatic heterocycles. The molecule has 0 radical (unpaired) electrons. The first-order valence-corrected chi connectivity index (χ1v) is 12.6. The molecular weight excluding hydrogens is 509 g/mol. The van der Waals surface area contributed by atoms with Crippen LogP contribution in [0.3, 0.4) is 0 Å². The molecule has 0 heterocycles. The average molecular weight is 544 g/mol. The molecule has 3 rings (SSSR count). The van der Waals surface area contributed by atoms with Gasteiger partial charge in [0, 0.05) is 36.9 Å². The van der Waals surface area contributed by atoms with Gasteiger partial charge in [-0.3, -0.25) is 10.2 Å². The van der Waals surface area contributed by atoms with Crippen molar-refractivity contribution in [1.82, 2.24) is 10.7 Å². The van der Waals surface area contributed by atoms with Crippen LogP contribution in [0.4, 0.5) is 4.39 Å². The Labute approximate surface area is 234 Å². The highest BCUT2D eigenvalue weighted by molar-refractivity contribution is 5.98. The van der Waals surface area contributed by atoms with Gasteiger partial charge in [-0.25, -0.2) is 9.38 Å². The second kappa shape index (κ2) is 14.5. The Morgan fingerprint density at radius 2 is 1.75 bits per heavy atom. The fraction of sp³-hybridized carbons (Fsp3) is 0.226. The number of carbonyl (C=O) groups is 1. The lowest BCUT2D eigenvalue weighted by Gasteiger charge is -2.14. The zero-order valence-corrected chi connectivity index (χ0v) is 23.3. The zero-order chi connectivity index (χ0) is 29.1. The van der Waals surface area contributed by atoms with Crippen molar-refractivity contribution in [3.8, 4) is 11.1 Å². The number of aryl methyl sites for hydroxylation is 1. The maximum absolute atomic E-state index is 14.9. The summed E-state index contributed by atoms with van der Waals surface area (Å²) in [5, 5.41) is 9.83. The van der Waals surface area contributed by atoms with E-state index in [1.165, 1.54) is 26.3 Å². The summed E-state index contributed by atoms with van der Waals surface area (Å²) in [6.45, 7) is 10.5. The van der Waals surface area contributed by atoms with E-state index >= 15 is 0 Å². The summed E-state index contributed by atoms with van der Waals surface area (Å²) in [6.07, 6.45) is 0.411. The van der Waals surface area contributed by atoms with Gasteiger partial charge < -0.3 is 14.8 Å². The highest BCUT2D eigenvalue weighted by atomic mass is 19.1. The molecule has 2 N–H and O–H groups in total. The summed E-state index contributed by atoms with van der Waals surface area (Å²) in [4.78, 5) is 17.0. The van der Waals surface area contributed by atoms with Crippen molar-refractivity contribution in [2.45, 2.75) is 20.0 Å². The Morgan fingerprint density at radius 1 is 1.00 bits per heavy atom. The van der Waals surface area contributed by atoms with E-state index in [-0.39, 0.29) is 17.8 Å². The molecule has 0 aliphatic carbocycles. The van der Waals surface area contributed by atoms with Crippen molar-refractivity contribution in [2.75, 3.05) is 27.8 Å². The number of nitrogens with one attached hydrogen (secondary N) is 2. The number of methoxy groups -OCH3 is 2. The number of benzene rings is 3. The molecule has 0 atom stereocenters. The number of aliphatic imine (C=N–C) groups is 1. The first-order chi connectivity index (χ1) is 19.3. The van der Waals surface area contributed by atoms with Crippen LogP contribution in [-0.4, -0.2) is 39.6 Å². The predicted molar refractivity (Wildman–Crippen MR) is 156 cm³/mol. The van der Waals surface area contributed by atoms with Crippen molar-refractivity contribution < 1.29 is 18.7 Å². The van der Waals surface area contributed by atoms with E-state index in [4.69, 9.17) is 9.47 Å². The van der Waals surface area contributed by atoms with Crippen LogP contribution in [0, 0.1) is 12.7 Å². The van der Waals surface area contributed by atoms with Crippen LogP contribution in [0.15, 0.2) is 94.8 Å². The lowest BCUT2D eigenvalue weighted by atomic mass is 9.94. The SMILES string of the molecule is C=C(CCNC(=O)c1ccc(C(=C)N=C(OC)c2ccc(-c3ccccc3C)c(COC)c2)cc1F)NN=NC. The molecule has 0 bridgehead atoms. The number of amides is 1. The van der Waals surface area contributed by atoms with E-state index in [0.29, 0.717) is 30.2 Å². The van der Waals surface area contributed by atoms with Crippen LogP contribution in [0.2, 0.25) is 0 Å². The van der Waals surface area contributed by atoms with Gasteiger partial charge in [-0.2, -0.15) is 5.11 Å². The summed E-state index contributed by atoms with van der Waals surface area (Å²) in [5.41, 5.74) is 8.84. The lowest BCUT2D eigenvalue weighted by molar-refractivity contribution is 0.0950. The Balaban J connectivity index is 1.78. The molecule has 0 unspecified atom stereocenters. The second-order valence-corrected chi connectivity index (χ2v) is 8.90. The van der Waals surface area contributed by atoms with Gasteiger partial charge in [-0.05, 0) is 53.4 Å². The van der Waals surface area contributed by atoms with Gasteiger partial charge >= 0.3 is 0 Å². The van der Waals surface area contributed by atoms with Gasteiger partial charge in [0.05, 0.1) is 32.0 Å². The standard InChI is InChI=1S/C31H34FN5O3/c1-20-9-7-8-10-26(20)27-13-12-24(17-25(27)19-39-5)31(40-6)35-22(3)23-11-14-28(29(32)18-23)30(38)34-16-15-21(2)36-37-33-4/h7-14,17-18H,2-3,15-16,19H2,1,4-6H3,(H,33,36)(H,34,38). The van der Waals surface area contributed by atoms with Crippen LogP contribution >= 0.6 is 0 Å². The minimum atomic E-state index is -0.688. The predicted octanol–water partition coefficient (Wildman–Crippen LogP) is 6.23. The molecule has 8 nitrogen and oxygen atoms in total. The average Bonchev–Trinajstić information content (AvgIpc) is 2.95. The van der Waals surface area contributed by atoms with Crippen molar-refractivity contribution in [3.63, 3.8) is 0 Å². The molecule has 0 aromatic heterocycles. The Hall–Kier alpha value is -4.63. The zero-order valence-electron chi connectivity index (χ0n) is 23.3. The van der Waals surface area contributed by atoms with Crippen LogP contribution in [-0.2, 0) is 16.1 Å². The fourth-order valence-electron chi connectivity index (χ4n) is 4.03. The highest BCUT2D eigenvalue weighted by Crippen LogP contribution is 2.29. The van der Waals surface area contributed by atoms with Crippen molar-refractivity contribution in [1.29, 1.82) is 0 Å². The molecule has 0 fully saturated rings. The number of carbonyl (C=O) groups excluding carboxylic acids is 1. The van der Waals surface area contributed by atoms with E-state index in [0.717, 1.165) is 27.8 Å². The van der Waals surface area contributed by atoms with Gasteiger partial charge in [0.25, 0.3) is 5.91 Å². The van der Waals surface area contributed by atoms with E-state index in [1.807, 2.05) is 30.3 Å². The smallest absolute Gasteiger partial charge is 0.254 e. The molecular formula is C31H34FN5O3.